The molecule has 4 heteroatoms. The van der Waals surface area contributed by atoms with Gasteiger partial charge in [-0.25, -0.2) is 0 Å². The molecule has 1 heterocycles. The number of nitrogens with one attached hydrogen (secondary N) is 2. The van der Waals surface area contributed by atoms with Crippen LogP contribution in [0.4, 0.5) is 5.69 Å². The largest absolute Gasteiger partial charge is 0.325 e. The van der Waals surface area contributed by atoms with Crippen LogP contribution in [0.5, 0.6) is 0 Å². The molecular formula is C12H17N3O. The van der Waals surface area contributed by atoms with Gasteiger partial charge in [0.05, 0.1) is 6.54 Å². The lowest BCUT2D eigenvalue weighted by molar-refractivity contribution is -0.115. The second-order valence-electron chi connectivity index (χ2n) is 4.31. The minimum Gasteiger partial charge on any atom is -0.325 e. The normalized spacial score (nSPS) is 14.8. The van der Waals surface area contributed by atoms with Crippen LogP contribution in [-0.2, 0) is 4.79 Å². The quantitative estimate of drug-likeness (QED) is 0.785. The first-order valence-electron chi connectivity index (χ1n) is 5.67. The van der Waals surface area contributed by atoms with Gasteiger partial charge in [0.25, 0.3) is 0 Å². The van der Waals surface area contributed by atoms with Crippen LogP contribution in [0.15, 0.2) is 18.5 Å². The van der Waals surface area contributed by atoms with Gasteiger partial charge in [-0.15, -0.1) is 0 Å². The van der Waals surface area contributed by atoms with Crippen molar-refractivity contribution in [1.82, 2.24) is 10.3 Å². The first kappa shape index (κ1) is 11.1. The summed E-state index contributed by atoms with van der Waals surface area (Å²) in [5.41, 5.74) is 1.83. The molecule has 1 aliphatic carbocycles. The average molecular weight is 219 g/mol. The van der Waals surface area contributed by atoms with Crippen molar-refractivity contribution in [3.8, 4) is 0 Å². The van der Waals surface area contributed by atoms with Gasteiger partial charge < -0.3 is 10.6 Å². The topological polar surface area (TPSA) is 54.0 Å². The molecular weight excluding hydrogens is 202 g/mol. The van der Waals surface area contributed by atoms with E-state index in [-0.39, 0.29) is 5.91 Å². The van der Waals surface area contributed by atoms with Crippen molar-refractivity contribution in [3.05, 3.63) is 24.0 Å². The Morgan fingerprint density at radius 1 is 1.56 bits per heavy atom. The van der Waals surface area contributed by atoms with Gasteiger partial charge in [0.15, 0.2) is 0 Å². The van der Waals surface area contributed by atoms with E-state index in [4.69, 9.17) is 0 Å². The Morgan fingerprint density at radius 3 is 3.06 bits per heavy atom. The molecule has 16 heavy (non-hydrogen) atoms. The van der Waals surface area contributed by atoms with Crippen molar-refractivity contribution in [2.45, 2.75) is 19.8 Å². The highest BCUT2D eigenvalue weighted by atomic mass is 16.1. The van der Waals surface area contributed by atoms with Crippen LogP contribution in [0.1, 0.15) is 18.4 Å². The number of aryl methyl sites for hydroxylation is 1. The number of amides is 1. The van der Waals surface area contributed by atoms with Crippen LogP contribution in [0.2, 0.25) is 0 Å². The number of carbonyl (C=O) groups excluding carboxylic acids is 1. The Kier molecular flexibility index (Phi) is 3.51. The minimum absolute atomic E-state index is 0.00921. The number of rotatable bonds is 5. The molecule has 0 spiro atoms. The third-order valence-corrected chi connectivity index (χ3v) is 2.71. The molecule has 0 aliphatic heterocycles. The fourth-order valence-electron chi connectivity index (χ4n) is 1.52. The lowest BCUT2D eigenvalue weighted by Crippen LogP contribution is -2.29. The molecule has 2 N–H and O–H groups in total. The molecule has 0 atom stereocenters. The van der Waals surface area contributed by atoms with Crippen LogP contribution >= 0.6 is 0 Å². The first-order valence-corrected chi connectivity index (χ1v) is 5.67. The van der Waals surface area contributed by atoms with E-state index in [2.05, 4.69) is 15.6 Å². The summed E-state index contributed by atoms with van der Waals surface area (Å²) in [5.74, 6) is 0.811. The predicted octanol–water partition coefficient (Wildman–Crippen LogP) is 1.33. The number of nitrogens with zero attached hydrogens (tertiary/aromatic N) is 1. The van der Waals surface area contributed by atoms with Gasteiger partial charge in [-0.2, -0.15) is 0 Å². The van der Waals surface area contributed by atoms with Gasteiger partial charge in [0, 0.05) is 18.1 Å². The lowest BCUT2D eigenvalue weighted by Gasteiger charge is -2.08. The molecule has 1 saturated carbocycles. The van der Waals surface area contributed by atoms with Gasteiger partial charge in [-0.1, -0.05) is 0 Å². The molecule has 1 aromatic rings. The molecule has 4 nitrogen and oxygen atoms in total. The van der Waals surface area contributed by atoms with Crippen LogP contribution in [-0.4, -0.2) is 24.0 Å². The standard InChI is InChI=1S/C12H17N3O/c1-9-6-13-5-4-11(9)15-12(16)8-14-7-10-2-3-10/h4-6,10,14H,2-3,7-8H2,1H3,(H,13,15,16). The third-order valence-electron chi connectivity index (χ3n) is 2.71. The zero-order chi connectivity index (χ0) is 11.4. The Bertz CT molecular complexity index is 374. The maximum Gasteiger partial charge on any atom is 0.238 e. The predicted molar refractivity (Wildman–Crippen MR) is 63.2 cm³/mol. The smallest absolute Gasteiger partial charge is 0.238 e. The van der Waals surface area contributed by atoms with E-state index in [1.54, 1.807) is 12.4 Å². The highest BCUT2D eigenvalue weighted by Crippen LogP contribution is 2.27. The van der Waals surface area contributed by atoms with Crippen LogP contribution in [0, 0.1) is 12.8 Å². The first-order chi connectivity index (χ1) is 7.75. The summed E-state index contributed by atoms with van der Waals surface area (Å²) in [6.45, 7) is 3.28. The molecule has 2 rings (SSSR count). The zero-order valence-corrected chi connectivity index (χ0v) is 9.49. The van der Waals surface area contributed by atoms with Gasteiger partial charge in [-0.05, 0) is 43.9 Å². The molecule has 1 aromatic heterocycles. The van der Waals surface area contributed by atoms with E-state index in [1.165, 1.54) is 12.8 Å². The fourth-order valence-corrected chi connectivity index (χ4v) is 1.52. The minimum atomic E-state index is 0.00921. The summed E-state index contributed by atoms with van der Waals surface area (Å²) in [7, 11) is 0. The Labute approximate surface area is 95.5 Å². The van der Waals surface area contributed by atoms with Crippen molar-refractivity contribution in [3.63, 3.8) is 0 Å². The van der Waals surface area contributed by atoms with E-state index in [9.17, 15) is 4.79 Å². The second kappa shape index (κ2) is 5.07. The van der Waals surface area contributed by atoms with Gasteiger partial charge >= 0.3 is 0 Å². The van der Waals surface area contributed by atoms with E-state index in [0.29, 0.717) is 6.54 Å². The number of anilines is 1. The van der Waals surface area contributed by atoms with Gasteiger partial charge in [0.2, 0.25) is 5.91 Å². The summed E-state index contributed by atoms with van der Waals surface area (Å²) >= 11 is 0. The summed E-state index contributed by atoms with van der Waals surface area (Å²) in [4.78, 5) is 15.6. The summed E-state index contributed by atoms with van der Waals surface area (Å²) in [5, 5.41) is 6.02. The van der Waals surface area contributed by atoms with Crippen LogP contribution in [0.25, 0.3) is 0 Å². The fraction of sp³-hybridized carbons (Fsp3) is 0.500. The summed E-state index contributed by atoms with van der Waals surface area (Å²) in [6.07, 6.45) is 6.03. The van der Waals surface area contributed by atoms with E-state index in [0.717, 1.165) is 23.7 Å². The summed E-state index contributed by atoms with van der Waals surface area (Å²) < 4.78 is 0. The highest BCUT2D eigenvalue weighted by Gasteiger charge is 2.20. The van der Waals surface area contributed by atoms with Crippen molar-refractivity contribution < 1.29 is 4.79 Å². The maximum absolute atomic E-state index is 11.6. The molecule has 86 valence electrons. The molecule has 1 aliphatic rings. The zero-order valence-electron chi connectivity index (χ0n) is 9.49. The second-order valence-corrected chi connectivity index (χ2v) is 4.31. The van der Waals surface area contributed by atoms with Crippen LogP contribution in [0.3, 0.4) is 0 Å². The number of carbonyl (C=O) groups is 1. The average Bonchev–Trinajstić information content (AvgIpc) is 3.05. The Morgan fingerprint density at radius 2 is 2.38 bits per heavy atom. The van der Waals surface area contributed by atoms with Crippen molar-refractivity contribution in [2.24, 2.45) is 5.92 Å². The Balaban J connectivity index is 1.75. The highest BCUT2D eigenvalue weighted by molar-refractivity contribution is 5.92. The van der Waals surface area contributed by atoms with Crippen molar-refractivity contribution in [1.29, 1.82) is 0 Å². The number of hydrogen-bond acceptors (Lipinski definition) is 3. The Hall–Kier alpha value is -1.42. The molecule has 0 bridgehead atoms. The molecule has 1 fully saturated rings. The molecule has 0 saturated heterocycles. The maximum atomic E-state index is 11.6. The van der Waals surface area contributed by atoms with Gasteiger partial charge in [0.1, 0.15) is 0 Å². The lowest BCUT2D eigenvalue weighted by atomic mass is 10.2. The SMILES string of the molecule is Cc1cnccc1NC(=O)CNCC1CC1. The molecule has 0 aromatic carbocycles. The van der Waals surface area contributed by atoms with Crippen LogP contribution < -0.4 is 10.6 Å². The number of aromatic nitrogens is 1. The third kappa shape index (κ3) is 3.31. The molecule has 1 amide bonds. The monoisotopic (exact) mass is 219 g/mol. The van der Waals surface area contributed by atoms with E-state index < -0.39 is 0 Å². The molecule has 0 unspecified atom stereocenters. The summed E-state index contributed by atoms with van der Waals surface area (Å²) in [6, 6.07) is 1.81. The van der Waals surface area contributed by atoms with Crippen molar-refractivity contribution in [2.75, 3.05) is 18.4 Å². The van der Waals surface area contributed by atoms with E-state index in [1.807, 2.05) is 13.0 Å². The number of hydrogen-bond donors (Lipinski definition) is 2. The van der Waals surface area contributed by atoms with E-state index >= 15 is 0 Å². The van der Waals surface area contributed by atoms with Gasteiger partial charge in [-0.3, -0.25) is 9.78 Å². The molecule has 0 radical (unpaired) electrons. The number of pyridine rings is 1. The van der Waals surface area contributed by atoms with Crippen molar-refractivity contribution >= 4 is 11.6 Å².